The summed E-state index contributed by atoms with van der Waals surface area (Å²) in [7, 11) is 1.20. The number of methoxy groups -OCH3 is 1. The molecule has 6 heteroatoms. The van der Waals surface area contributed by atoms with Crippen molar-refractivity contribution in [3.8, 4) is 0 Å². The standard InChI is InChI=1S/C21H21NO5/c1-15(19(23)17-11-7-4-8-12-17)13-18(20(24)26-2)22-21(25)27-14-16-9-5-3-6-10-16/h3-12,18H,1,13-14H2,2H3,(H,22,25). The second kappa shape index (κ2) is 9.91. The average molecular weight is 367 g/mol. The second-order valence-electron chi connectivity index (χ2n) is 5.78. The number of hydrogen-bond donors (Lipinski definition) is 1. The van der Waals surface area contributed by atoms with E-state index in [0.717, 1.165) is 5.56 Å². The van der Waals surface area contributed by atoms with Gasteiger partial charge in [0.15, 0.2) is 5.78 Å². The van der Waals surface area contributed by atoms with Crippen LogP contribution in [0.4, 0.5) is 4.79 Å². The molecule has 0 radical (unpaired) electrons. The molecule has 0 aliphatic rings. The van der Waals surface area contributed by atoms with Crippen LogP contribution in [0.2, 0.25) is 0 Å². The highest BCUT2D eigenvalue weighted by Gasteiger charge is 2.25. The smallest absolute Gasteiger partial charge is 0.408 e. The minimum absolute atomic E-state index is 0.0600. The van der Waals surface area contributed by atoms with Crippen LogP contribution in [0.25, 0.3) is 0 Å². The van der Waals surface area contributed by atoms with E-state index in [0.29, 0.717) is 5.56 Å². The molecule has 0 saturated carbocycles. The minimum Gasteiger partial charge on any atom is -0.467 e. The van der Waals surface area contributed by atoms with E-state index >= 15 is 0 Å². The van der Waals surface area contributed by atoms with Gasteiger partial charge in [-0.05, 0) is 11.1 Å². The van der Waals surface area contributed by atoms with Gasteiger partial charge in [-0.3, -0.25) is 4.79 Å². The van der Waals surface area contributed by atoms with Gasteiger partial charge in [0, 0.05) is 12.0 Å². The molecule has 27 heavy (non-hydrogen) atoms. The lowest BCUT2D eigenvalue weighted by atomic mass is 9.99. The largest absolute Gasteiger partial charge is 0.467 e. The predicted octanol–water partition coefficient (Wildman–Crippen LogP) is 3.28. The van der Waals surface area contributed by atoms with E-state index in [1.807, 2.05) is 30.3 Å². The van der Waals surface area contributed by atoms with Crippen LogP contribution in [0, 0.1) is 0 Å². The Morgan fingerprint density at radius 1 is 1.00 bits per heavy atom. The molecule has 2 rings (SSSR count). The van der Waals surface area contributed by atoms with Crippen molar-refractivity contribution in [2.45, 2.75) is 19.1 Å². The number of hydrogen-bond acceptors (Lipinski definition) is 5. The van der Waals surface area contributed by atoms with Gasteiger partial charge in [0.1, 0.15) is 12.6 Å². The van der Waals surface area contributed by atoms with Crippen LogP contribution < -0.4 is 5.32 Å². The zero-order valence-corrected chi connectivity index (χ0v) is 15.0. The molecule has 0 aliphatic carbocycles. The fourth-order valence-corrected chi connectivity index (χ4v) is 2.38. The second-order valence-corrected chi connectivity index (χ2v) is 5.78. The normalized spacial score (nSPS) is 11.1. The average Bonchev–Trinajstić information content (AvgIpc) is 2.71. The molecule has 6 nitrogen and oxygen atoms in total. The van der Waals surface area contributed by atoms with Gasteiger partial charge in [0.05, 0.1) is 7.11 Å². The van der Waals surface area contributed by atoms with Gasteiger partial charge < -0.3 is 14.8 Å². The monoisotopic (exact) mass is 367 g/mol. The van der Waals surface area contributed by atoms with Crippen molar-refractivity contribution >= 4 is 17.8 Å². The van der Waals surface area contributed by atoms with Gasteiger partial charge in [-0.2, -0.15) is 0 Å². The Bertz CT molecular complexity index is 802. The van der Waals surface area contributed by atoms with Crippen LogP contribution in [-0.2, 0) is 20.9 Å². The first-order valence-electron chi connectivity index (χ1n) is 8.34. The summed E-state index contributed by atoms with van der Waals surface area (Å²) in [6, 6.07) is 16.6. The van der Waals surface area contributed by atoms with Gasteiger partial charge in [0.25, 0.3) is 0 Å². The number of carbonyl (C=O) groups is 3. The molecule has 1 N–H and O–H groups in total. The highest BCUT2D eigenvalue weighted by atomic mass is 16.6. The van der Waals surface area contributed by atoms with Crippen molar-refractivity contribution in [1.82, 2.24) is 5.32 Å². The number of Topliss-reactive ketones (excluding diaryl/α,β-unsaturated/α-hetero) is 1. The lowest BCUT2D eigenvalue weighted by Gasteiger charge is -2.17. The van der Waals surface area contributed by atoms with Crippen molar-refractivity contribution < 1.29 is 23.9 Å². The summed E-state index contributed by atoms with van der Waals surface area (Å²) in [6.45, 7) is 3.80. The van der Waals surface area contributed by atoms with Crippen molar-refractivity contribution in [2.24, 2.45) is 0 Å². The Labute approximate surface area is 157 Å². The van der Waals surface area contributed by atoms with Crippen LogP contribution >= 0.6 is 0 Å². The van der Waals surface area contributed by atoms with E-state index in [1.165, 1.54) is 7.11 Å². The fourth-order valence-electron chi connectivity index (χ4n) is 2.38. The summed E-state index contributed by atoms with van der Waals surface area (Å²) < 4.78 is 9.81. The fraction of sp³-hybridized carbons (Fsp3) is 0.190. The molecular weight excluding hydrogens is 346 g/mol. The molecule has 0 bridgehead atoms. The first kappa shape index (κ1) is 19.9. The van der Waals surface area contributed by atoms with Crippen LogP contribution in [0.1, 0.15) is 22.3 Å². The molecule has 0 heterocycles. The van der Waals surface area contributed by atoms with Crippen LogP contribution in [0.15, 0.2) is 72.8 Å². The molecule has 2 aromatic carbocycles. The summed E-state index contributed by atoms with van der Waals surface area (Å²) in [4.78, 5) is 36.4. The Balaban J connectivity index is 1.96. The number of alkyl carbamates (subject to hydrolysis) is 1. The maximum Gasteiger partial charge on any atom is 0.408 e. The molecule has 0 fully saturated rings. The first-order valence-corrected chi connectivity index (χ1v) is 8.34. The highest BCUT2D eigenvalue weighted by molar-refractivity contribution is 6.08. The third-order valence-electron chi connectivity index (χ3n) is 3.80. The summed E-state index contributed by atoms with van der Waals surface area (Å²) in [5.41, 5.74) is 1.45. The van der Waals surface area contributed by atoms with E-state index in [1.54, 1.807) is 30.3 Å². The van der Waals surface area contributed by atoms with E-state index < -0.39 is 18.1 Å². The molecule has 1 atom stereocenters. The molecule has 0 saturated heterocycles. The Kier molecular flexibility index (Phi) is 7.31. The highest BCUT2D eigenvalue weighted by Crippen LogP contribution is 2.13. The number of ether oxygens (including phenoxy) is 2. The third kappa shape index (κ3) is 6.11. The van der Waals surface area contributed by atoms with Gasteiger partial charge in [-0.15, -0.1) is 0 Å². The summed E-state index contributed by atoms with van der Waals surface area (Å²) >= 11 is 0. The topological polar surface area (TPSA) is 81.7 Å². The quantitative estimate of drug-likeness (QED) is 0.440. The van der Waals surface area contributed by atoms with Gasteiger partial charge >= 0.3 is 12.1 Å². The lowest BCUT2D eigenvalue weighted by molar-refractivity contribution is -0.142. The number of carbonyl (C=O) groups excluding carboxylic acids is 3. The predicted molar refractivity (Wildman–Crippen MR) is 100 cm³/mol. The Hall–Kier alpha value is -3.41. The summed E-state index contributed by atoms with van der Waals surface area (Å²) in [5.74, 6) is -0.988. The first-order chi connectivity index (χ1) is 13.0. The number of rotatable bonds is 8. The minimum atomic E-state index is -1.07. The van der Waals surface area contributed by atoms with Crippen molar-refractivity contribution in [3.63, 3.8) is 0 Å². The van der Waals surface area contributed by atoms with E-state index in [2.05, 4.69) is 11.9 Å². The zero-order valence-electron chi connectivity index (χ0n) is 15.0. The maximum atomic E-state index is 12.4. The van der Waals surface area contributed by atoms with E-state index in [9.17, 15) is 14.4 Å². The van der Waals surface area contributed by atoms with Gasteiger partial charge in [-0.25, -0.2) is 9.59 Å². The molecule has 1 amide bonds. The van der Waals surface area contributed by atoms with E-state index in [4.69, 9.17) is 9.47 Å². The zero-order chi connectivity index (χ0) is 19.6. The molecule has 2 aromatic rings. The van der Waals surface area contributed by atoms with Crippen LogP contribution in [0.3, 0.4) is 0 Å². The van der Waals surface area contributed by atoms with Crippen molar-refractivity contribution in [1.29, 1.82) is 0 Å². The molecule has 1 unspecified atom stereocenters. The molecule has 0 aromatic heterocycles. The van der Waals surface area contributed by atoms with Crippen molar-refractivity contribution in [2.75, 3.05) is 7.11 Å². The number of amides is 1. The number of ketones is 1. The molecule has 140 valence electrons. The summed E-state index contributed by atoms with van der Waals surface area (Å²) in [6.07, 6.45) is -0.866. The third-order valence-corrected chi connectivity index (χ3v) is 3.80. The lowest BCUT2D eigenvalue weighted by Crippen LogP contribution is -2.42. The number of nitrogens with one attached hydrogen (secondary N) is 1. The Morgan fingerprint density at radius 2 is 1.59 bits per heavy atom. The molecular formula is C21H21NO5. The van der Waals surface area contributed by atoms with E-state index in [-0.39, 0.29) is 24.4 Å². The van der Waals surface area contributed by atoms with Gasteiger partial charge in [-0.1, -0.05) is 67.2 Å². The SMILES string of the molecule is C=C(CC(NC(=O)OCc1ccccc1)C(=O)OC)C(=O)c1ccccc1. The van der Waals surface area contributed by atoms with Crippen molar-refractivity contribution in [3.05, 3.63) is 83.9 Å². The van der Waals surface area contributed by atoms with Gasteiger partial charge in [0.2, 0.25) is 0 Å². The maximum absolute atomic E-state index is 12.4. The molecule has 0 aliphatic heterocycles. The van der Waals surface area contributed by atoms with Crippen LogP contribution in [0.5, 0.6) is 0 Å². The molecule has 0 spiro atoms. The number of esters is 1. The Morgan fingerprint density at radius 3 is 2.19 bits per heavy atom. The van der Waals surface area contributed by atoms with Crippen LogP contribution in [-0.4, -0.2) is 31.0 Å². The number of benzene rings is 2. The summed E-state index contributed by atoms with van der Waals surface area (Å²) in [5, 5.41) is 2.43.